The second-order valence-electron chi connectivity index (χ2n) is 4.41. The summed E-state index contributed by atoms with van der Waals surface area (Å²) in [6.45, 7) is 3.83. The molecule has 0 amide bonds. The van der Waals surface area contributed by atoms with Gasteiger partial charge < -0.3 is 5.11 Å². The fourth-order valence-corrected chi connectivity index (χ4v) is 3.31. The maximum absolute atomic E-state index is 11.8. The number of carboxylic acids is 1. The first kappa shape index (κ1) is 14.6. The quantitative estimate of drug-likeness (QED) is 0.852. The maximum Gasteiger partial charge on any atom is 0.337 e. The van der Waals surface area contributed by atoms with Crippen molar-refractivity contribution >= 4 is 15.8 Å². The summed E-state index contributed by atoms with van der Waals surface area (Å²) in [5.41, 5.74) is 0.432. The Bertz CT molecular complexity index is 507. The van der Waals surface area contributed by atoms with E-state index in [-0.39, 0.29) is 23.0 Å². The Labute approximate surface area is 107 Å². The van der Waals surface area contributed by atoms with E-state index in [0.29, 0.717) is 5.69 Å². The van der Waals surface area contributed by atoms with Crippen molar-refractivity contribution in [3.05, 3.63) is 29.6 Å². The van der Waals surface area contributed by atoms with Gasteiger partial charge in [-0.15, -0.1) is 0 Å². The molecule has 0 aromatic carbocycles. The molecule has 1 aromatic rings. The van der Waals surface area contributed by atoms with Gasteiger partial charge in [0.1, 0.15) is 0 Å². The van der Waals surface area contributed by atoms with Crippen LogP contribution in [0.25, 0.3) is 0 Å². The summed E-state index contributed by atoms with van der Waals surface area (Å²) in [7, 11) is -3.19. The van der Waals surface area contributed by atoms with Crippen molar-refractivity contribution in [2.75, 3.05) is 5.75 Å². The number of rotatable bonds is 6. The van der Waals surface area contributed by atoms with Gasteiger partial charge in [0.2, 0.25) is 0 Å². The minimum absolute atomic E-state index is 0.0538. The van der Waals surface area contributed by atoms with Crippen LogP contribution in [-0.2, 0) is 15.6 Å². The molecule has 1 aromatic heterocycles. The molecule has 0 saturated heterocycles. The molecule has 1 unspecified atom stereocenters. The van der Waals surface area contributed by atoms with Crippen LogP contribution in [0.3, 0.4) is 0 Å². The second-order valence-corrected chi connectivity index (χ2v) is 6.52. The minimum Gasteiger partial charge on any atom is -0.478 e. The fraction of sp³-hybridized carbons (Fsp3) is 0.500. The lowest BCUT2D eigenvalue weighted by molar-refractivity contribution is 0.0696. The monoisotopic (exact) mass is 271 g/mol. The molecule has 0 aliphatic rings. The van der Waals surface area contributed by atoms with Crippen LogP contribution >= 0.6 is 0 Å². The summed E-state index contributed by atoms with van der Waals surface area (Å²) in [6.07, 6.45) is 1.99. The van der Waals surface area contributed by atoms with Gasteiger partial charge in [0.05, 0.1) is 22.8 Å². The van der Waals surface area contributed by atoms with Gasteiger partial charge in [0.25, 0.3) is 0 Å². The van der Waals surface area contributed by atoms with Gasteiger partial charge in [0.15, 0.2) is 9.84 Å². The number of carboxylic acid groups (broad SMARTS) is 1. The molecule has 5 nitrogen and oxygen atoms in total. The van der Waals surface area contributed by atoms with E-state index in [1.807, 2.05) is 13.8 Å². The molecule has 18 heavy (non-hydrogen) atoms. The van der Waals surface area contributed by atoms with Gasteiger partial charge in [-0.25, -0.2) is 13.2 Å². The highest BCUT2D eigenvalue weighted by molar-refractivity contribution is 7.90. The molecule has 0 bridgehead atoms. The number of nitrogens with zero attached hydrogens (tertiary/aromatic N) is 1. The van der Waals surface area contributed by atoms with Crippen molar-refractivity contribution in [3.63, 3.8) is 0 Å². The highest BCUT2D eigenvalue weighted by atomic mass is 32.2. The van der Waals surface area contributed by atoms with Crippen molar-refractivity contribution in [2.45, 2.75) is 26.0 Å². The predicted molar refractivity (Wildman–Crippen MR) is 68.1 cm³/mol. The van der Waals surface area contributed by atoms with E-state index in [1.165, 1.54) is 18.3 Å². The van der Waals surface area contributed by atoms with Crippen molar-refractivity contribution in [3.8, 4) is 0 Å². The Morgan fingerprint density at radius 2 is 2.11 bits per heavy atom. The smallest absolute Gasteiger partial charge is 0.337 e. The first-order chi connectivity index (χ1) is 8.34. The van der Waals surface area contributed by atoms with Crippen LogP contribution in [0.2, 0.25) is 0 Å². The fourth-order valence-electron chi connectivity index (χ4n) is 1.47. The number of hydrogen-bond donors (Lipinski definition) is 1. The third-order valence-corrected chi connectivity index (χ3v) is 4.49. The summed E-state index contributed by atoms with van der Waals surface area (Å²) < 4.78 is 23.7. The summed E-state index contributed by atoms with van der Waals surface area (Å²) >= 11 is 0. The molecular formula is C12H17NO4S. The molecule has 0 radical (unpaired) electrons. The lowest BCUT2D eigenvalue weighted by Gasteiger charge is -2.09. The van der Waals surface area contributed by atoms with Gasteiger partial charge in [-0.2, -0.15) is 0 Å². The maximum atomic E-state index is 11.8. The predicted octanol–water partition coefficient (Wildman–Crippen LogP) is 1.74. The summed E-state index contributed by atoms with van der Waals surface area (Å²) in [6, 6.07) is 2.81. The molecule has 0 fully saturated rings. The van der Waals surface area contributed by atoms with Gasteiger partial charge in [-0.3, -0.25) is 4.98 Å². The molecule has 0 aliphatic carbocycles. The third kappa shape index (κ3) is 4.44. The summed E-state index contributed by atoms with van der Waals surface area (Å²) in [5, 5.41) is 8.70. The zero-order chi connectivity index (χ0) is 13.8. The van der Waals surface area contributed by atoms with E-state index in [2.05, 4.69) is 4.98 Å². The number of hydrogen-bond acceptors (Lipinski definition) is 4. The van der Waals surface area contributed by atoms with Crippen LogP contribution in [0.5, 0.6) is 0 Å². The highest BCUT2D eigenvalue weighted by Crippen LogP contribution is 2.11. The van der Waals surface area contributed by atoms with E-state index in [9.17, 15) is 13.2 Å². The zero-order valence-electron chi connectivity index (χ0n) is 10.5. The van der Waals surface area contributed by atoms with E-state index < -0.39 is 15.8 Å². The Balaban J connectivity index is 2.75. The van der Waals surface area contributed by atoms with Crippen LogP contribution in [0.4, 0.5) is 0 Å². The summed E-state index contributed by atoms with van der Waals surface area (Å²) in [4.78, 5) is 14.5. The van der Waals surface area contributed by atoms with E-state index in [4.69, 9.17) is 5.11 Å². The molecule has 0 aliphatic heterocycles. The van der Waals surface area contributed by atoms with Crippen molar-refractivity contribution < 1.29 is 18.3 Å². The van der Waals surface area contributed by atoms with Crippen LogP contribution in [-0.4, -0.2) is 30.2 Å². The Hall–Kier alpha value is -1.43. The largest absolute Gasteiger partial charge is 0.478 e. The molecule has 1 heterocycles. The van der Waals surface area contributed by atoms with E-state index in [0.717, 1.165) is 6.42 Å². The van der Waals surface area contributed by atoms with Crippen LogP contribution in [0.15, 0.2) is 18.3 Å². The van der Waals surface area contributed by atoms with Crippen LogP contribution in [0, 0.1) is 5.92 Å². The number of carbonyl (C=O) groups is 1. The molecule has 0 saturated carbocycles. The molecule has 100 valence electrons. The van der Waals surface area contributed by atoms with Crippen molar-refractivity contribution in [1.29, 1.82) is 0 Å². The van der Waals surface area contributed by atoms with Gasteiger partial charge in [0, 0.05) is 6.20 Å². The lowest BCUT2D eigenvalue weighted by atomic mass is 10.2. The third-order valence-electron chi connectivity index (χ3n) is 2.67. The Kier molecular flexibility index (Phi) is 4.84. The first-order valence-electron chi connectivity index (χ1n) is 5.72. The van der Waals surface area contributed by atoms with Crippen molar-refractivity contribution in [2.24, 2.45) is 5.92 Å². The normalized spacial score (nSPS) is 13.2. The molecule has 1 N–H and O–H groups in total. The number of sulfone groups is 1. The van der Waals surface area contributed by atoms with Gasteiger partial charge in [-0.1, -0.05) is 20.3 Å². The minimum atomic E-state index is -3.19. The lowest BCUT2D eigenvalue weighted by Crippen LogP contribution is -2.16. The van der Waals surface area contributed by atoms with Gasteiger partial charge >= 0.3 is 5.97 Å². The topological polar surface area (TPSA) is 84.3 Å². The number of aromatic nitrogens is 1. The molecule has 0 spiro atoms. The van der Waals surface area contributed by atoms with Crippen LogP contribution < -0.4 is 0 Å². The van der Waals surface area contributed by atoms with Crippen molar-refractivity contribution in [1.82, 2.24) is 4.98 Å². The zero-order valence-corrected chi connectivity index (χ0v) is 11.3. The molecule has 6 heteroatoms. The summed E-state index contributed by atoms with van der Waals surface area (Å²) in [5.74, 6) is -0.965. The molecule has 1 atom stereocenters. The SMILES string of the molecule is CCC(C)CS(=O)(=O)Cc1ccc(C(=O)O)cn1. The molecule has 1 rings (SSSR count). The standard InChI is InChI=1S/C12H17NO4S/c1-3-9(2)7-18(16,17)8-11-5-4-10(6-13-11)12(14)15/h4-6,9H,3,7-8H2,1-2H3,(H,14,15). The number of aromatic carboxylic acids is 1. The Morgan fingerprint density at radius 3 is 2.56 bits per heavy atom. The van der Waals surface area contributed by atoms with Crippen LogP contribution in [0.1, 0.15) is 36.3 Å². The van der Waals surface area contributed by atoms with E-state index in [1.54, 1.807) is 0 Å². The number of pyridine rings is 1. The average Bonchev–Trinajstić information content (AvgIpc) is 2.28. The second kappa shape index (κ2) is 5.95. The van der Waals surface area contributed by atoms with Gasteiger partial charge in [-0.05, 0) is 18.1 Å². The average molecular weight is 271 g/mol. The molecular weight excluding hydrogens is 254 g/mol. The Morgan fingerprint density at radius 1 is 1.44 bits per heavy atom. The van der Waals surface area contributed by atoms with E-state index >= 15 is 0 Å². The highest BCUT2D eigenvalue weighted by Gasteiger charge is 2.16. The first-order valence-corrected chi connectivity index (χ1v) is 7.55.